The molecule has 6 heteroatoms. The third kappa shape index (κ3) is 5.18. The van der Waals surface area contributed by atoms with Crippen LogP contribution in [0.2, 0.25) is 0 Å². The van der Waals surface area contributed by atoms with E-state index in [4.69, 9.17) is 4.74 Å². The van der Waals surface area contributed by atoms with Crippen LogP contribution in [0.5, 0.6) is 0 Å². The molecule has 2 unspecified atom stereocenters. The van der Waals surface area contributed by atoms with Crippen LogP contribution in [0.15, 0.2) is 48.9 Å². The highest BCUT2D eigenvalue weighted by atomic mass is 16.6. The predicted octanol–water partition coefficient (Wildman–Crippen LogP) is 3.64. The molecule has 2 fully saturated rings. The molecule has 2 aromatic rings. The molecule has 32 heavy (non-hydrogen) atoms. The molecule has 1 saturated heterocycles. The summed E-state index contributed by atoms with van der Waals surface area (Å²) < 4.78 is 6.91. The maximum Gasteiger partial charge on any atom is 0.343 e. The summed E-state index contributed by atoms with van der Waals surface area (Å²) in [6, 6.07) is 9.40. The van der Waals surface area contributed by atoms with E-state index in [1.165, 1.54) is 6.42 Å². The number of ether oxygens (including phenoxy) is 1. The van der Waals surface area contributed by atoms with E-state index < -0.39 is 11.6 Å². The molecule has 2 aliphatic rings. The van der Waals surface area contributed by atoms with E-state index in [0.717, 1.165) is 74.8 Å². The van der Waals surface area contributed by atoms with E-state index in [1.807, 2.05) is 36.5 Å². The largest absolute Gasteiger partial charge is 0.454 e. The lowest BCUT2D eigenvalue weighted by Crippen LogP contribution is -2.56. The molecule has 0 amide bonds. The fraction of sp³-hybridized carbons (Fsp3) is 0.577. The number of piperidine rings is 1. The smallest absolute Gasteiger partial charge is 0.343 e. The molecule has 0 radical (unpaired) electrons. The fourth-order valence-electron chi connectivity index (χ4n) is 5.49. The predicted molar refractivity (Wildman–Crippen MR) is 123 cm³/mol. The number of nitrogens with zero attached hydrogens (tertiary/aromatic N) is 3. The summed E-state index contributed by atoms with van der Waals surface area (Å²) in [5.74, 6) is -0.560. The monoisotopic (exact) mass is 438 g/mol. The number of aromatic nitrogens is 2. The Morgan fingerprint density at radius 2 is 1.91 bits per heavy atom. The number of quaternary nitrogens is 1. The molecule has 0 bridgehead atoms. The van der Waals surface area contributed by atoms with Crippen molar-refractivity contribution in [2.24, 2.45) is 5.92 Å². The van der Waals surface area contributed by atoms with Crippen molar-refractivity contribution in [1.82, 2.24) is 9.97 Å². The molecule has 1 N–H and O–H groups in total. The first-order valence-corrected chi connectivity index (χ1v) is 12.1. The van der Waals surface area contributed by atoms with E-state index in [0.29, 0.717) is 5.56 Å². The van der Waals surface area contributed by atoms with Crippen LogP contribution in [0.3, 0.4) is 0 Å². The van der Waals surface area contributed by atoms with Crippen LogP contribution in [-0.4, -0.2) is 58.3 Å². The molecular weight excluding hydrogens is 402 g/mol. The molecule has 3 atom stereocenters. The van der Waals surface area contributed by atoms with Crippen molar-refractivity contribution in [3.05, 3.63) is 60.2 Å². The summed E-state index contributed by atoms with van der Waals surface area (Å²) in [5, 5.41) is 11.8. The van der Waals surface area contributed by atoms with Gasteiger partial charge in [0, 0.05) is 37.4 Å². The van der Waals surface area contributed by atoms with Gasteiger partial charge in [0.1, 0.15) is 6.54 Å². The fourth-order valence-corrected chi connectivity index (χ4v) is 5.49. The molecule has 1 aliphatic heterocycles. The highest BCUT2D eigenvalue weighted by Gasteiger charge is 2.48. The molecule has 1 aliphatic carbocycles. The number of esters is 1. The van der Waals surface area contributed by atoms with Gasteiger partial charge >= 0.3 is 5.97 Å². The molecule has 172 valence electrons. The Balaban J connectivity index is 1.45. The molecule has 1 aromatic carbocycles. The minimum absolute atomic E-state index is 0.0905. The van der Waals surface area contributed by atoms with Crippen molar-refractivity contribution in [3.63, 3.8) is 0 Å². The van der Waals surface area contributed by atoms with Gasteiger partial charge in [-0.15, -0.1) is 0 Å². The lowest BCUT2D eigenvalue weighted by Gasteiger charge is -2.42. The summed E-state index contributed by atoms with van der Waals surface area (Å²) in [5.41, 5.74) is 0.0802. The number of carbonyl (C=O) groups is 1. The lowest BCUT2D eigenvalue weighted by atomic mass is 9.73. The highest BCUT2D eigenvalue weighted by Crippen LogP contribution is 2.41. The van der Waals surface area contributed by atoms with Crippen molar-refractivity contribution in [2.75, 3.05) is 26.7 Å². The SMILES string of the molecule is C[N@+]1(CCc2cnccn2)CCCC(OC(=O)C(O)(c2ccccc2)C2CCCCC2)C1. The van der Waals surface area contributed by atoms with Crippen LogP contribution in [0, 0.1) is 5.92 Å². The van der Waals surface area contributed by atoms with Gasteiger partial charge < -0.3 is 14.3 Å². The van der Waals surface area contributed by atoms with Gasteiger partial charge in [-0.05, 0) is 24.8 Å². The zero-order chi connectivity index (χ0) is 22.4. The number of hydrogen-bond acceptors (Lipinski definition) is 5. The highest BCUT2D eigenvalue weighted by molar-refractivity contribution is 5.81. The van der Waals surface area contributed by atoms with Crippen molar-refractivity contribution in [1.29, 1.82) is 0 Å². The quantitative estimate of drug-likeness (QED) is 0.528. The third-order valence-electron chi connectivity index (χ3n) is 7.39. The molecular formula is C26H36N3O3+. The summed E-state index contributed by atoms with van der Waals surface area (Å²) in [6.07, 6.45) is 12.7. The first-order valence-electron chi connectivity index (χ1n) is 12.1. The van der Waals surface area contributed by atoms with Crippen molar-refractivity contribution < 1.29 is 19.1 Å². The third-order valence-corrected chi connectivity index (χ3v) is 7.39. The second kappa shape index (κ2) is 10.1. The Labute approximate surface area is 191 Å². The summed E-state index contributed by atoms with van der Waals surface area (Å²) in [4.78, 5) is 22.1. The molecule has 0 spiro atoms. The topological polar surface area (TPSA) is 72.3 Å². The van der Waals surface area contributed by atoms with Crippen molar-refractivity contribution >= 4 is 5.97 Å². The number of likely N-dealkylation sites (N-methyl/N-ethyl adjacent to an activating group) is 1. The number of carbonyl (C=O) groups excluding carboxylic acids is 1. The van der Waals surface area contributed by atoms with Crippen molar-refractivity contribution in [2.45, 2.75) is 63.1 Å². The number of aliphatic hydroxyl groups is 1. The Bertz CT molecular complexity index is 872. The average molecular weight is 439 g/mol. The Kier molecular flexibility index (Phi) is 7.21. The number of hydrogen-bond donors (Lipinski definition) is 1. The Morgan fingerprint density at radius 1 is 1.12 bits per heavy atom. The Hall–Kier alpha value is -2.31. The molecule has 4 rings (SSSR count). The first kappa shape index (κ1) is 22.9. The van der Waals surface area contributed by atoms with Gasteiger partial charge in [0.25, 0.3) is 0 Å². The maximum absolute atomic E-state index is 13.5. The molecule has 6 nitrogen and oxygen atoms in total. The zero-order valence-electron chi connectivity index (χ0n) is 19.2. The van der Waals surface area contributed by atoms with Crippen LogP contribution in [0.1, 0.15) is 56.2 Å². The first-order chi connectivity index (χ1) is 15.5. The van der Waals surface area contributed by atoms with Crippen LogP contribution in [0.25, 0.3) is 0 Å². The summed E-state index contributed by atoms with van der Waals surface area (Å²) in [7, 11) is 2.22. The summed E-state index contributed by atoms with van der Waals surface area (Å²) in [6.45, 7) is 2.75. The van der Waals surface area contributed by atoms with E-state index >= 15 is 0 Å². The van der Waals surface area contributed by atoms with Gasteiger partial charge in [0.2, 0.25) is 0 Å². The van der Waals surface area contributed by atoms with Gasteiger partial charge in [-0.3, -0.25) is 9.97 Å². The van der Waals surface area contributed by atoms with Gasteiger partial charge in [-0.25, -0.2) is 4.79 Å². The van der Waals surface area contributed by atoms with E-state index in [9.17, 15) is 9.90 Å². The molecule has 2 heterocycles. The summed E-state index contributed by atoms with van der Waals surface area (Å²) >= 11 is 0. The number of benzene rings is 1. The van der Waals surface area contributed by atoms with Gasteiger partial charge in [0.15, 0.2) is 11.7 Å². The number of likely N-dealkylation sites (tertiary alicyclic amines) is 1. The van der Waals surface area contributed by atoms with E-state index in [-0.39, 0.29) is 12.0 Å². The van der Waals surface area contributed by atoms with E-state index in [2.05, 4.69) is 17.0 Å². The van der Waals surface area contributed by atoms with Crippen LogP contribution in [0.4, 0.5) is 0 Å². The Morgan fingerprint density at radius 3 is 2.62 bits per heavy atom. The number of rotatable bonds is 7. The second-order valence-corrected chi connectivity index (χ2v) is 9.83. The maximum atomic E-state index is 13.5. The standard InChI is InChI=1S/C26H36N3O3/c1-29(18-14-23-19-27-15-16-28-23)17-8-13-24(20-29)32-25(30)26(31,21-9-4-2-5-10-21)22-11-6-3-7-12-22/h2,4-5,9-10,15-16,19,22,24,31H,3,6-8,11-14,17-18,20H2,1H3/q+1/t24?,26?,29-/m1/s1. The zero-order valence-corrected chi connectivity index (χ0v) is 19.2. The minimum atomic E-state index is -1.57. The second-order valence-electron chi connectivity index (χ2n) is 9.83. The molecule has 1 saturated carbocycles. The average Bonchev–Trinajstić information content (AvgIpc) is 2.84. The normalized spacial score (nSPS) is 26.2. The van der Waals surface area contributed by atoms with Crippen LogP contribution >= 0.6 is 0 Å². The van der Waals surface area contributed by atoms with Gasteiger partial charge in [-0.1, -0.05) is 49.6 Å². The lowest BCUT2D eigenvalue weighted by molar-refractivity contribution is -0.916. The van der Waals surface area contributed by atoms with Crippen LogP contribution < -0.4 is 0 Å². The van der Waals surface area contributed by atoms with Crippen molar-refractivity contribution in [3.8, 4) is 0 Å². The van der Waals surface area contributed by atoms with E-state index in [1.54, 1.807) is 12.4 Å². The van der Waals surface area contributed by atoms with Gasteiger partial charge in [-0.2, -0.15) is 0 Å². The van der Waals surface area contributed by atoms with Crippen LogP contribution in [-0.2, 0) is 21.6 Å². The molecule has 1 aromatic heterocycles. The minimum Gasteiger partial charge on any atom is -0.454 e. The van der Waals surface area contributed by atoms with Gasteiger partial charge in [0.05, 0.1) is 25.8 Å².